The summed E-state index contributed by atoms with van der Waals surface area (Å²) in [4.78, 5) is 11.1. The van der Waals surface area contributed by atoms with Crippen LogP contribution < -0.4 is 14.8 Å². The molecule has 6 nitrogen and oxygen atoms in total. The van der Waals surface area contributed by atoms with Crippen LogP contribution in [-0.2, 0) is 14.8 Å². The fraction of sp³-hybridized carbons (Fsp3) is 0.133. The molecule has 0 saturated carbocycles. The minimum atomic E-state index is -3.74. The fourth-order valence-corrected chi connectivity index (χ4v) is 3.12. The largest absolute Gasteiger partial charge is 0.497 e. The molecule has 122 valence electrons. The van der Waals surface area contributed by atoms with Crippen LogP contribution in [0.4, 0.5) is 11.4 Å². The number of carbonyl (C=O) groups excluding carboxylic acids is 1. The van der Waals surface area contributed by atoms with Crippen molar-refractivity contribution in [1.82, 2.24) is 0 Å². The van der Waals surface area contributed by atoms with Crippen LogP contribution in [0.2, 0.25) is 5.02 Å². The van der Waals surface area contributed by atoms with Crippen LogP contribution in [0.1, 0.15) is 6.92 Å². The van der Waals surface area contributed by atoms with E-state index in [9.17, 15) is 13.2 Å². The highest BCUT2D eigenvalue weighted by Gasteiger charge is 2.15. The first-order valence-electron chi connectivity index (χ1n) is 6.56. The molecule has 0 aliphatic carbocycles. The standard InChI is InChI=1S/C15H15ClN2O4S/c1-10(19)17-15-8-3-11(9-14(15)16)18-23(20,21)13-6-4-12(22-2)5-7-13/h3-9,18H,1-2H3,(H,17,19). The number of halogens is 1. The number of nitrogens with one attached hydrogen (secondary N) is 2. The third kappa shape index (κ3) is 4.37. The maximum atomic E-state index is 12.3. The van der Waals surface area contributed by atoms with Gasteiger partial charge in [-0.25, -0.2) is 8.42 Å². The average molecular weight is 355 g/mol. The normalized spacial score (nSPS) is 10.9. The van der Waals surface area contributed by atoms with Crippen molar-refractivity contribution in [2.24, 2.45) is 0 Å². The van der Waals surface area contributed by atoms with Crippen molar-refractivity contribution in [3.63, 3.8) is 0 Å². The molecule has 2 aromatic carbocycles. The molecule has 0 unspecified atom stereocenters. The molecule has 2 aromatic rings. The Balaban J connectivity index is 2.22. The quantitative estimate of drug-likeness (QED) is 0.864. The number of rotatable bonds is 5. The first-order chi connectivity index (χ1) is 10.8. The van der Waals surface area contributed by atoms with Gasteiger partial charge in [0, 0.05) is 6.92 Å². The first-order valence-corrected chi connectivity index (χ1v) is 8.42. The summed E-state index contributed by atoms with van der Waals surface area (Å²) in [6.07, 6.45) is 0. The summed E-state index contributed by atoms with van der Waals surface area (Å²) in [6, 6.07) is 10.5. The molecule has 0 saturated heterocycles. The van der Waals surface area contributed by atoms with Gasteiger partial charge in [0.1, 0.15) is 5.75 Å². The van der Waals surface area contributed by atoms with Crippen LogP contribution in [0, 0.1) is 0 Å². The highest BCUT2D eigenvalue weighted by Crippen LogP contribution is 2.27. The van der Waals surface area contributed by atoms with Gasteiger partial charge in [-0.3, -0.25) is 9.52 Å². The lowest BCUT2D eigenvalue weighted by Crippen LogP contribution is -2.13. The Hall–Kier alpha value is -2.25. The number of hydrogen-bond acceptors (Lipinski definition) is 4. The molecule has 23 heavy (non-hydrogen) atoms. The highest BCUT2D eigenvalue weighted by atomic mass is 35.5. The lowest BCUT2D eigenvalue weighted by atomic mass is 10.3. The van der Waals surface area contributed by atoms with E-state index in [0.717, 1.165) is 0 Å². The summed E-state index contributed by atoms with van der Waals surface area (Å²) in [6.45, 7) is 1.36. The maximum Gasteiger partial charge on any atom is 0.261 e. The Kier molecular flexibility index (Phi) is 5.12. The third-order valence-electron chi connectivity index (χ3n) is 2.90. The molecule has 0 bridgehead atoms. The highest BCUT2D eigenvalue weighted by molar-refractivity contribution is 7.92. The van der Waals surface area contributed by atoms with E-state index in [2.05, 4.69) is 10.0 Å². The molecule has 2 N–H and O–H groups in total. The second-order valence-electron chi connectivity index (χ2n) is 4.66. The van der Waals surface area contributed by atoms with E-state index in [0.29, 0.717) is 17.1 Å². The minimum Gasteiger partial charge on any atom is -0.497 e. The molecule has 0 fully saturated rings. The van der Waals surface area contributed by atoms with Gasteiger partial charge in [-0.1, -0.05) is 11.6 Å². The minimum absolute atomic E-state index is 0.0976. The van der Waals surface area contributed by atoms with Gasteiger partial charge in [0.25, 0.3) is 10.0 Å². The molecule has 0 heterocycles. The number of ether oxygens (including phenoxy) is 1. The average Bonchev–Trinajstić information content (AvgIpc) is 2.49. The van der Waals surface area contributed by atoms with Gasteiger partial charge < -0.3 is 10.1 Å². The summed E-state index contributed by atoms with van der Waals surface area (Å²) in [5.74, 6) is 0.296. The number of sulfonamides is 1. The van der Waals surface area contributed by atoms with Crippen LogP contribution in [0.25, 0.3) is 0 Å². The lowest BCUT2D eigenvalue weighted by molar-refractivity contribution is -0.114. The van der Waals surface area contributed by atoms with E-state index in [1.807, 2.05) is 0 Å². The van der Waals surface area contributed by atoms with E-state index in [4.69, 9.17) is 16.3 Å². The molecule has 0 aliphatic rings. The Morgan fingerprint density at radius 2 is 1.78 bits per heavy atom. The molecule has 8 heteroatoms. The van der Waals surface area contributed by atoms with E-state index in [1.54, 1.807) is 12.1 Å². The monoisotopic (exact) mass is 354 g/mol. The summed E-state index contributed by atoms with van der Waals surface area (Å²) in [5, 5.41) is 2.78. The molecule has 0 aliphatic heterocycles. The number of methoxy groups -OCH3 is 1. The maximum absolute atomic E-state index is 12.3. The molecular weight excluding hydrogens is 340 g/mol. The van der Waals surface area contributed by atoms with Gasteiger partial charge in [-0.2, -0.15) is 0 Å². The summed E-state index contributed by atoms with van der Waals surface area (Å²) in [5.41, 5.74) is 0.700. The molecule has 2 rings (SSSR count). The van der Waals surface area contributed by atoms with Crippen molar-refractivity contribution in [3.05, 3.63) is 47.5 Å². The molecule has 0 aromatic heterocycles. The van der Waals surface area contributed by atoms with Crippen molar-refractivity contribution < 1.29 is 17.9 Å². The summed E-state index contributed by atoms with van der Waals surface area (Å²) >= 11 is 6.02. The third-order valence-corrected chi connectivity index (χ3v) is 4.61. The zero-order chi connectivity index (χ0) is 17.0. The topological polar surface area (TPSA) is 84.5 Å². The van der Waals surface area contributed by atoms with E-state index in [-0.39, 0.29) is 15.8 Å². The van der Waals surface area contributed by atoms with Crippen LogP contribution in [0.15, 0.2) is 47.4 Å². The Bertz CT molecular complexity index is 820. The summed E-state index contributed by atoms with van der Waals surface area (Å²) in [7, 11) is -2.24. The molecule has 0 radical (unpaired) electrons. The molecule has 1 amide bonds. The van der Waals surface area contributed by atoms with Crippen LogP contribution in [0.5, 0.6) is 5.75 Å². The van der Waals surface area contributed by atoms with Gasteiger partial charge >= 0.3 is 0 Å². The first kappa shape index (κ1) is 17.1. The van der Waals surface area contributed by atoms with Crippen molar-refractivity contribution in [1.29, 1.82) is 0 Å². The van der Waals surface area contributed by atoms with Gasteiger partial charge in [0.05, 0.1) is 28.4 Å². The summed E-state index contributed by atoms with van der Waals surface area (Å²) < 4.78 is 32.0. The van der Waals surface area contributed by atoms with E-state index >= 15 is 0 Å². The smallest absolute Gasteiger partial charge is 0.261 e. The van der Waals surface area contributed by atoms with E-state index < -0.39 is 10.0 Å². The number of anilines is 2. The lowest BCUT2D eigenvalue weighted by Gasteiger charge is -2.11. The second kappa shape index (κ2) is 6.89. The number of benzene rings is 2. The van der Waals surface area contributed by atoms with Crippen LogP contribution >= 0.6 is 11.6 Å². The predicted octanol–water partition coefficient (Wildman–Crippen LogP) is 3.11. The number of hydrogen-bond donors (Lipinski definition) is 2. The van der Waals surface area contributed by atoms with Crippen molar-refractivity contribution in [3.8, 4) is 5.75 Å². The van der Waals surface area contributed by atoms with Crippen molar-refractivity contribution in [2.45, 2.75) is 11.8 Å². The Morgan fingerprint density at radius 3 is 2.30 bits per heavy atom. The van der Waals surface area contributed by atoms with Crippen molar-refractivity contribution >= 4 is 38.9 Å². The number of amides is 1. The molecule has 0 atom stereocenters. The fourth-order valence-electron chi connectivity index (χ4n) is 1.84. The van der Waals surface area contributed by atoms with Gasteiger partial charge in [-0.05, 0) is 42.5 Å². The van der Waals surface area contributed by atoms with Crippen molar-refractivity contribution in [2.75, 3.05) is 17.1 Å². The zero-order valence-corrected chi connectivity index (χ0v) is 14.0. The Labute approximate surface area is 139 Å². The number of carbonyl (C=O) groups is 1. The van der Waals surface area contributed by atoms with E-state index in [1.165, 1.54) is 44.4 Å². The van der Waals surface area contributed by atoms with Crippen LogP contribution in [-0.4, -0.2) is 21.4 Å². The van der Waals surface area contributed by atoms with Gasteiger partial charge in [-0.15, -0.1) is 0 Å². The van der Waals surface area contributed by atoms with Crippen LogP contribution in [0.3, 0.4) is 0 Å². The Morgan fingerprint density at radius 1 is 1.13 bits per heavy atom. The second-order valence-corrected chi connectivity index (χ2v) is 6.75. The molecule has 0 spiro atoms. The SMILES string of the molecule is COc1ccc(S(=O)(=O)Nc2ccc(NC(C)=O)c(Cl)c2)cc1. The molecular formula is C15H15ClN2O4S. The predicted molar refractivity (Wildman–Crippen MR) is 89.6 cm³/mol. The van der Waals surface area contributed by atoms with Gasteiger partial charge in [0.15, 0.2) is 0 Å². The zero-order valence-electron chi connectivity index (χ0n) is 12.5. The van der Waals surface area contributed by atoms with Gasteiger partial charge in [0.2, 0.25) is 5.91 Å².